The third-order valence-electron chi connectivity index (χ3n) is 3.13. The van der Waals surface area contributed by atoms with Gasteiger partial charge in [-0.05, 0) is 20.8 Å². The largest absolute Gasteiger partial charge is 0.461 e. The van der Waals surface area contributed by atoms with Crippen LogP contribution in [0.15, 0.2) is 11.3 Å². The van der Waals surface area contributed by atoms with Gasteiger partial charge in [-0.3, -0.25) is 14.5 Å². The van der Waals surface area contributed by atoms with Crippen molar-refractivity contribution in [1.82, 2.24) is 4.90 Å². The van der Waals surface area contributed by atoms with Crippen LogP contribution in [0.3, 0.4) is 0 Å². The molecule has 1 saturated heterocycles. The number of carbonyl (C=O) groups is 3. The number of carbonyl (C=O) groups excluding carboxylic acids is 3. The number of hydrogen-bond donors (Lipinski definition) is 1. The molecule has 1 fully saturated rings. The molecule has 23 heavy (non-hydrogen) atoms. The molecule has 2 aliphatic heterocycles. The van der Waals surface area contributed by atoms with E-state index in [4.69, 9.17) is 15.2 Å². The number of nitrogens with two attached hydrogens (primary N) is 1. The first kappa shape index (κ1) is 19.8. The van der Waals surface area contributed by atoms with E-state index < -0.39 is 23.6 Å². The fraction of sp³-hybridized carbons (Fsp3) is 0.643. The number of thioether (sulfide) groups is 1. The molecule has 0 spiro atoms. The summed E-state index contributed by atoms with van der Waals surface area (Å²) in [6.45, 7) is 6.49. The highest BCUT2D eigenvalue weighted by Gasteiger charge is 2.52. The molecule has 2 atom stereocenters. The number of ether oxygens (including phenoxy) is 2. The van der Waals surface area contributed by atoms with Crippen molar-refractivity contribution in [2.75, 3.05) is 12.4 Å². The normalized spacial score (nSPS) is 23.5. The van der Waals surface area contributed by atoms with Crippen LogP contribution in [-0.4, -0.2) is 52.1 Å². The van der Waals surface area contributed by atoms with Crippen molar-refractivity contribution in [1.29, 1.82) is 0 Å². The zero-order valence-electron chi connectivity index (χ0n) is 13.5. The molecule has 7 nitrogen and oxygen atoms in total. The molecule has 2 aliphatic rings. The molecule has 9 heteroatoms. The van der Waals surface area contributed by atoms with E-state index in [1.54, 1.807) is 20.8 Å². The van der Waals surface area contributed by atoms with Gasteiger partial charge in [-0.1, -0.05) is 0 Å². The molecule has 0 aromatic carbocycles. The maximum atomic E-state index is 12.4. The number of rotatable bonds is 3. The Morgan fingerprint density at radius 3 is 2.52 bits per heavy atom. The smallest absolute Gasteiger partial charge is 0.355 e. The lowest BCUT2D eigenvalue weighted by Crippen LogP contribution is -2.68. The van der Waals surface area contributed by atoms with Gasteiger partial charge in [0.15, 0.2) is 0 Å². The molecule has 0 aromatic rings. The van der Waals surface area contributed by atoms with Crippen molar-refractivity contribution in [2.45, 2.75) is 44.7 Å². The van der Waals surface area contributed by atoms with E-state index in [0.29, 0.717) is 11.3 Å². The number of fused-ring (bicyclic) bond motifs is 1. The Bertz CT molecular complexity index is 558. The highest BCUT2D eigenvalue weighted by atomic mass is 35.5. The topological polar surface area (TPSA) is 98.9 Å². The quantitative estimate of drug-likeness (QED) is 0.584. The summed E-state index contributed by atoms with van der Waals surface area (Å²) >= 11 is 1.45. The number of halogens is 1. The molecule has 130 valence electrons. The van der Waals surface area contributed by atoms with Crippen LogP contribution in [0.5, 0.6) is 0 Å². The van der Waals surface area contributed by atoms with Crippen molar-refractivity contribution in [2.24, 2.45) is 5.73 Å². The van der Waals surface area contributed by atoms with E-state index in [-0.39, 0.29) is 36.0 Å². The lowest BCUT2D eigenvalue weighted by Gasteiger charge is -2.48. The molecule has 0 radical (unpaired) electrons. The number of amides is 1. The SMILES string of the molecule is CC(=O)OCC1=C(C(=O)OC(C)(C)C)N2C(=O)C(N)[C@@H]2SC1.Cl. The van der Waals surface area contributed by atoms with Gasteiger partial charge in [0.1, 0.15) is 29.3 Å². The molecule has 2 heterocycles. The summed E-state index contributed by atoms with van der Waals surface area (Å²) in [6, 6.07) is -0.613. The van der Waals surface area contributed by atoms with E-state index in [1.165, 1.54) is 23.6 Å². The maximum absolute atomic E-state index is 12.4. The molecular formula is C14H21ClN2O5S. The average molecular weight is 365 g/mol. The van der Waals surface area contributed by atoms with E-state index >= 15 is 0 Å². The molecule has 1 unspecified atom stereocenters. The summed E-state index contributed by atoms with van der Waals surface area (Å²) in [4.78, 5) is 36.8. The van der Waals surface area contributed by atoms with Crippen LogP contribution < -0.4 is 5.73 Å². The van der Waals surface area contributed by atoms with Crippen LogP contribution in [0.1, 0.15) is 27.7 Å². The highest BCUT2D eigenvalue weighted by Crippen LogP contribution is 2.40. The average Bonchev–Trinajstić information content (AvgIpc) is 2.41. The second-order valence-electron chi connectivity index (χ2n) is 6.17. The van der Waals surface area contributed by atoms with Crippen LogP contribution >= 0.6 is 24.2 Å². The van der Waals surface area contributed by atoms with Gasteiger partial charge < -0.3 is 15.2 Å². The standard InChI is InChI=1S/C14H20N2O5S.ClH/c1-7(17)20-5-8-6-22-12-9(15)11(18)16(12)10(8)13(19)21-14(2,3)4;/h9,12H,5-6,15H2,1-4H3;1H/t9?,12-;/m0./s1. The lowest BCUT2D eigenvalue weighted by atomic mass is 10.0. The van der Waals surface area contributed by atoms with Crippen molar-refractivity contribution in [3.8, 4) is 0 Å². The van der Waals surface area contributed by atoms with Gasteiger partial charge in [0, 0.05) is 18.2 Å². The Morgan fingerprint density at radius 1 is 1.39 bits per heavy atom. The third kappa shape index (κ3) is 4.19. The summed E-state index contributed by atoms with van der Waals surface area (Å²) in [5, 5.41) is -0.268. The molecule has 2 rings (SSSR count). The van der Waals surface area contributed by atoms with Gasteiger partial charge in [0.25, 0.3) is 0 Å². The van der Waals surface area contributed by atoms with Crippen LogP contribution in [0.25, 0.3) is 0 Å². The van der Waals surface area contributed by atoms with Gasteiger partial charge in [0.05, 0.1) is 0 Å². The minimum atomic E-state index is -0.688. The Morgan fingerprint density at radius 2 is 2.00 bits per heavy atom. The van der Waals surface area contributed by atoms with Crippen LogP contribution in [-0.2, 0) is 23.9 Å². The number of esters is 2. The Hall–Kier alpha value is -1.25. The first-order valence-corrected chi connectivity index (χ1v) is 7.95. The fourth-order valence-corrected chi connectivity index (χ4v) is 3.47. The van der Waals surface area contributed by atoms with Gasteiger partial charge in [-0.2, -0.15) is 0 Å². The maximum Gasteiger partial charge on any atom is 0.355 e. The van der Waals surface area contributed by atoms with Crippen molar-refractivity contribution in [3.05, 3.63) is 11.3 Å². The predicted molar refractivity (Wildman–Crippen MR) is 87.8 cm³/mol. The zero-order chi connectivity index (χ0) is 16.7. The summed E-state index contributed by atoms with van der Waals surface area (Å²) in [7, 11) is 0. The molecular weight excluding hydrogens is 344 g/mol. The van der Waals surface area contributed by atoms with Crippen LogP contribution in [0.2, 0.25) is 0 Å². The van der Waals surface area contributed by atoms with Crippen LogP contribution in [0, 0.1) is 0 Å². The van der Waals surface area contributed by atoms with Crippen molar-refractivity contribution >= 4 is 42.0 Å². The van der Waals surface area contributed by atoms with E-state index in [2.05, 4.69) is 0 Å². The summed E-state index contributed by atoms with van der Waals surface area (Å²) in [6.07, 6.45) is 0. The molecule has 0 aromatic heterocycles. The Balaban J connectivity index is 0.00000264. The van der Waals surface area contributed by atoms with Crippen LogP contribution in [0.4, 0.5) is 0 Å². The monoisotopic (exact) mass is 364 g/mol. The molecule has 2 N–H and O–H groups in total. The van der Waals surface area contributed by atoms with E-state index in [9.17, 15) is 14.4 Å². The first-order valence-electron chi connectivity index (χ1n) is 6.91. The lowest BCUT2D eigenvalue weighted by molar-refractivity contribution is -0.158. The highest BCUT2D eigenvalue weighted by molar-refractivity contribution is 8.00. The number of nitrogens with zero attached hydrogens (tertiary/aromatic N) is 1. The molecule has 0 aliphatic carbocycles. The number of β-lactam (4-membered cyclic amide) rings is 1. The first-order chi connectivity index (χ1) is 10.1. The van der Waals surface area contributed by atoms with Crippen molar-refractivity contribution < 1.29 is 23.9 Å². The summed E-state index contributed by atoms with van der Waals surface area (Å²) in [5.41, 5.74) is 5.79. The van der Waals surface area contributed by atoms with Gasteiger partial charge in [-0.15, -0.1) is 24.2 Å². The van der Waals surface area contributed by atoms with Gasteiger partial charge >= 0.3 is 11.9 Å². The molecule has 1 amide bonds. The molecule has 0 saturated carbocycles. The molecule has 0 bridgehead atoms. The zero-order valence-corrected chi connectivity index (χ0v) is 15.1. The van der Waals surface area contributed by atoms with Gasteiger partial charge in [-0.25, -0.2) is 4.79 Å². The van der Waals surface area contributed by atoms with E-state index in [0.717, 1.165) is 0 Å². The third-order valence-corrected chi connectivity index (χ3v) is 4.49. The fourth-order valence-electron chi connectivity index (χ4n) is 2.19. The Labute approximate surface area is 145 Å². The minimum absolute atomic E-state index is 0. The van der Waals surface area contributed by atoms with Crippen molar-refractivity contribution in [3.63, 3.8) is 0 Å². The van der Waals surface area contributed by atoms with Gasteiger partial charge in [0.2, 0.25) is 5.91 Å². The Kier molecular flexibility index (Phi) is 6.12. The minimum Gasteiger partial charge on any atom is -0.461 e. The number of hydrogen-bond acceptors (Lipinski definition) is 7. The summed E-state index contributed by atoms with van der Waals surface area (Å²) < 4.78 is 10.3. The predicted octanol–water partition coefficient (Wildman–Crippen LogP) is 0.810. The second-order valence-corrected chi connectivity index (χ2v) is 7.27. The second kappa shape index (κ2) is 7.11. The van der Waals surface area contributed by atoms with E-state index in [1.807, 2.05) is 0 Å². The summed E-state index contributed by atoms with van der Waals surface area (Å²) in [5.74, 6) is -0.905.